The second kappa shape index (κ2) is 9.69. The summed E-state index contributed by atoms with van der Waals surface area (Å²) in [5, 5.41) is 0. The molecule has 0 aliphatic rings. The monoisotopic (exact) mass is 214 g/mol. The Balaban J connectivity index is 3.45. The SMILES string of the molecule is CCCCC(C=O)CCCOC(=O)CC. The average molecular weight is 214 g/mol. The molecule has 3 nitrogen and oxygen atoms in total. The highest BCUT2D eigenvalue weighted by molar-refractivity contribution is 5.68. The number of carbonyl (C=O) groups excluding carboxylic acids is 2. The van der Waals surface area contributed by atoms with Gasteiger partial charge >= 0.3 is 5.97 Å². The number of unbranched alkanes of at least 4 members (excludes halogenated alkanes) is 1. The van der Waals surface area contributed by atoms with Gasteiger partial charge in [-0.1, -0.05) is 26.7 Å². The lowest BCUT2D eigenvalue weighted by molar-refractivity contribution is -0.143. The van der Waals surface area contributed by atoms with Crippen molar-refractivity contribution >= 4 is 12.3 Å². The van der Waals surface area contributed by atoms with Crippen LogP contribution in [0.5, 0.6) is 0 Å². The minimum atomic E-state index is -0.161. The molecule has 0 amide bonds. The first-order chi connectivity index (χ1) is 7.24. The summed E-state index contributed by atoms with van der Waals surface area (Å²) in [4.78, 5) is 21.5. The Hall–Kier alpha value is -0.860. The van der Waals surface area contributed by atoms with Crippen LogP contribution in [0, 0.1) is 5.92 Å². The molecular weight excluding hydrogens is 192 g/mol. The number of rotatable bonds is 9. The molecule has 0 spiro atoms. The molecule has 0 rings (SSSR count). The first-order valence-corrected chi connectivity index (χ1v) is 5.85. The summed E-state index contributed by atoms with van der Waals surface area (Å²) in [5.74, 6) is -0.0171. The molecule has 0 bridgehead atoms. The smallest absolute Gasteiger partial charge is 0.305 e. The zero-order chi connectivity index (χ0) is 11.5. The molecule has 15 heavy (non-hydrogen) atoms. The first kappa shape index (κ1) is 14.1. The Morgan fingerprint density at radius 3 is 2.47 bits per heavy atom. The summed E-state index contributed by atoms with van der Waals surface area (Å²) < 4.78 is 4.94. The van der Waals surface area contributed by atoms with E-state index in [1.54, 1.807) is 6.92 Å². The molecule has 0 aliphatic heterocycles. The van der Waals surface area contributed by atoms with Gasteiger partial charge in [-0.05, 0) is 19.3 Å². The third-order valence-electron chi connectivity index (χ3n) is 2.39. The van der Waals surface area contributed by atoms with Crippen molar-refractivity contribution in [1.82, 2.24) is 0 Å². The summed E-state index contributed by atoms with van der Waals surface area (Å²) in [5.41, 5.74) is 0. The summed E-state index contributed by atoms with van der Waals surface area (Å²) >= 11 is 0. The van der Waals surface area contributed by atoms with E-state index in [0.29, 0.717) is 13.0 Å². The molecule has 0 aromatic rings. The minimum absolute atomic E-state index is 0.144. The van der Waals surface area contributed by atoms with E-state index in [-0.39, 0.29) is 11.9 Å². The van der Waals surface area contributed by atoms with Crippen LogP contribution in [0.4, 0.5) is 0 Å². The lowest BCUT2D eigenvalue weighted by atomic mass is 9.99. The van der Waals surface area contributed by atoms with E-state index in [4.69, 9.17) is 4.74 Å². The van der Waals surface area contributed by atoms with Crippen LogP contribution in [-0.2, 0) is 14.3 Å². The van der Waals surface area contributed by atoms with Crippen molar-refractivity contribution in [3.05, 3.63) is 0 Å². The summed E-state index contributed by atoms with van der Waals surface area (Å²) in [6.45, 7) is 4.34. The summed E-state index contributed by atoms with van der Waals surface area (Å²) in [7, 11) is 0. The number of esters is 1. The number of hydrogen-bond acceptors (Lipinski definition) is 3. The molecule has 0 N–H and O–H groups in total. The van der Waals surface area contributed by atoms with Gasteiger partial charge in [0.25, 0.3) is 0 Å². The third kappa shape index (κ3) is 8.16. The van der Waals surface area contributed by atoms with Gasteiger partial charge < -0.3 is 9.53 Å². The van der Waals surface area contributed by atoms with Crippen molar-refractivity contribution in [2.75, 3.05) is 6.61 Å². The lowest BCUT2D eigenvalue weighted by Gasteiger charge is -2.09. The number of aldehydes is 1. The fraction of sp³-hybridized carbons (Fsp3) is 0.833. The maximum atomic E-state index is 10.8. The van der Waals surface area contributed by atoms with Crippen molar-refractivity contribution in [3.8, 4) is 0 Å². The molecule has 0 aromatic heterocycles. The van der Waals surface area contributed by atoms with E-state index < -0.39 is 0 Å². The van der Waals surface area contributed by atoms with Crippen LogP contribution in [-0.4, -0.2) is 18.9 Å². The van der Waals surface area contributed by atoms with Gasteiger partial charge in [0.05, 0.1) is 6.61 Å². The van der Waals surface area contributed by atoms with Crippen LogP contribution in [0.2, 0.25) is 0 Å². The average Bonchev–Trinajstić information content (AvgIpc) is 2.27. The van der Waals surface area contributed by atoms with E-state index >= 15 is 0 Å². The fourth-order valence-electron chi connectivity index (χ4n) is 1.38. The number of hydrogen-bond donors (Lipinski definition) is 0. The Bertz CT molecular complexity index is 178. The maximum absolute atomic E-state index is 10.8. The van der Waals surface area contributed by atoms with Gasteiger partial charge in [0, 0.05) is 12.3 Å². The van der Waals surface area contributed by atoms with Crippen molar-refractivity contribution in [2.45, 2.75) is 52.4 Å². The zero-order valence-electron chi connectivity index (χ0n) is 9.83. The number of ether oxygens (including phenoxy) is 1. The van der Waals surface area contributed by atoms with E-state index in [9.17, 15) is 9.59 Å². The Labute approximate surface area is 92.2 Å². The standard InChI is InChI=1S/C12H22O3/c1-3-5-7-11(10-13)8-6-9-15-12(14)4-2/h10-11H,3-9H2,1-2H3. The molecule has 0 heterocycles. The molecule has 0 aromatic carbocycles. The van der Waals surface area contributed by atoms with Gasteiger partial charge in [0.2, 0.25) is 0 Å². The van der Waals surface area contributed by atoms with Crippen LogP contribution >= 0.6 is 0 Å². The van der Waals surface area contributed by atoms with Gasteiger partial charge in [-0.2, -0.15) is 0 Å². The summed E-state index contributed by atoms with van der Waals surface area (Å²) in [6.07, 6.45) is 6.25. The first-order valence-electron chi connectivity index (χ1n) is 5.85. The molecule has 0 aliphatic carbocycles. The highest BCUT2D eigenvalue weighted by Gasteiger charge is 2.06. The fourth-order valence-corrected chi connectivity index (χ4v) is 1.38. The molecule has 1 atom stereocenters. The Morgan fingerprint density at radius 1 is 1.27 bits per heavy atom. The quantitative estimate of drug-likeness (QED) is 0.337. The number of carbonyl (C=O) groups is 2. The van der Waals surface area contributed by atoms with Gasteiger partial charge in [0.15, 0.2) is 0 Å². The predicted octanol–water partition coefficient (Wildman–Crippen LogP) is 2.73. The topological polar surface area (TPSA) is 43.4 Å². The molecule has 0 fully saturated rings. The highest BCUT2D eigenvalue weighted by Crippen LogP contribution is 2.12. The second-order valence-electron chi connectivity index (χ2n) is 3.75. The van der Waals surface area contributed by atoms with Gasteiger partial charge in [0.1, 0.15) is 6.29 Å². The molecule has 0 radical (unpaired) electrons. The predicted molar refractivity (Wildman–Crippen MR) is 59.6 cm³/mol. The molecule has 0 saturated heterocycles. The van der Waals surface area contributed by atoms with Gasteiger partial charge in [-0.15, -0.1) is 0 Å². The van der Waals surface area contributed by atoms with Crippen molar-refractivity contribution in [2.24, 2.45) is 5.92 Å². The highest BCUT2D eigenvalue weighted by atomic mass is 16.5. The summed E-state index contributed by atoms with van der Waals surface area (Å²) in [6, 6.07) is 0. The molecule has 0 saturated carbocycles. The largest absolute Gasteiger partial charge is 0.466 e. The molecule has 1 unspecified atom stereocenters. The van der Waals surface area contributed by atoms with Crippen LogP contribution < -0.4 is 0 Å². The molecule has 88 valence electrons. The van der Waals surface area contributed by atoms with Crippen LogP contribution in [0.3, 0.4) is 0 Å². The van der Waals surface area contributed by atoms with E-state index in [1.807, 2.05) is 0 Å². The van der Waals surface area contributed by atoms with Crippen molar-refractivity contribution in [1.29, 1.82) is 0 Å². The lowest BCUT2D eigenvalue weighted by Crippen LogP contribution is -2.07. The third-order valence-corrected chi connectivity index (χ3v) is 2.39. The normalized spacial score (nSPS) is 12.1. The van der Waals surface area contributed by atoms with Gasteiger partial charge in [-0.3, -0.25) is 4.79 Å². The van der Waals surface area contributed by atoms with Gasteiger partial charge in [-0.25, -0.2) is 0 Å². The van der Waals surface area contributed by atoms with Crippen molar-refractivity contribution in [3.63, 3.8) is 0 Å². The Morgan fingerprint density at radius 2 is 1.93 bits per heavy atom. The van der Waals surface area contributed by atoms with Crippen molar-refractivity contribution < 1.29 is 14.3 Å². The second-order valence-corrected chi connectivity index (χ2v) is 3.75. The van der Waals surface area contributed by atoms with E-state index in [0.717, 1.165) is 38.4 Å². The van der Waals surface area contributed by atoms with Crippen LogP contribution in [0.25, 0.3) is 0 Å². The Kier molecular flexibility index (Phi) is 9.13. The zero-order valence-corrected chi connectivity index (χ0v) is 9.83. The van der Waals surface area contributed by atoms with Crippen LogP contribution in [0.1, 0.15) is 52.4 Å². The maximum Gasteiger partial charge on any atom is 0.305 e. The van der Waals surface area contributed by atoms with E-state index in [2.05, 4.69) is 6.92 Å². The van der Waals surface area contributed by atoms with E-state index in [1.165, 1.54) is 0 Å². The molecular formula is C12H22O3. The molecule has 3 heteroatoms. The minimum Gasteiger partial charge on any atom is -0.466 e. The van der Waals surface area contributed by atoms with Crippen LogP contribution in [0.15, 0.2) is 0 Å².